The van der Waals surface area contributed by atoms with Crippen LogP contribution in [0.25, 0.3) is 0 Å². The maximum atomic E-state index is 9.18. The maximum absolute atomic E-state index is 9.18. The SMILES string of the molecule is CC(C)(C)CC1OCCCC1CO. The Hall–Kier alpha value is -0.0800. The van der Waals surface area contributed by atoms with E-state index in [1.807, 2.05) is 0 Å². The van der Waals surface area contributed by atoms with Crippen molar-refractivity contribution in [3.8, 4) is 0 Å². The fraction of sp³-hybridized carbons (Fsp3) is 1.00. The first-order valence-electron chi connectivity index (χ1n) is 5.25. The van der Waals surface area contributed by atoms with Crippen molar-refractivity contribution in [2.75, 3.05) is 13.2 Å². The molecular weight excluding hydrogens is 164 g/mol. The molecule has 13 heavy (non-hydrogen) atoms. The highest BCUT2D eigenvalue weighted by Gasteiger charge is 2.29. The summed E-state index contributed by atoms with van der Waals surface area (Å²) in [5.74, 6) is 0.368. The van der Waals surface area contributed by atoms with E-state index in [1.165, 1.54) is 0 Å². The molecule has 1 aliphatic rings. The zero-order chi connectivity index (χ0) is 9.90. The minimum absolute atomic E-state index is 0.277. The average molecular weight is 186 g/mol. The molecule has 1 fully saturated rings. The first kappa shape index (κ1) is 11.0. The molecule has 0 spiro atoms. The van der Waals surface area contributed by atoms with Crippen molar-refractivity contribution in [3.05, 3.63) is 0 Å². The Morgan fingerprint density at radius 3 is 2.62 bits per heavy atom. The molecule has 0 radical (unpaired) electrons. The van der Waals surface area contributed by atoms with Gasteiger partial charge in [0.05, 0.1) is 6.10 Å². The second-order valence-electron chi connectivity index (χ2n) is 5.26. The quantitative estimate of drug-likeness (QED) is 0.716. The number of hydrogen-bond donors (Lipinski definition) is 1. The van der Waals surface area contributed by atoms with Gasteiger partial charge in [0.1, 0.15) is 0 Å². The van der Waals surface area contributed by atoms with E-state index >= 15 is 0 Å². The van der Waals surface area contributed by atoms with Crippen LogP contribution in [0.1, 0.15) is 40.0 Å². The molecule has 2 nitrogen and oxygen atoms in total. The second kappa shape index (κ2) is 4.43. The highest BCUT2D eigenvalue weighted by atomic mass is 16.5. The lowest BCUT2D eigenvalue weighted by Gasteiger charge is -2.34. The lowest BCUT2D eigenvalue weighted by molar-refractivity contribution is -0.0614. The predicted molar refractivity (Wildman–Crippen MR) is 53.6 cm³/mol. The summed E-state index contributed by atoms with van der Waals surface area (Å²) in [7, 11) is 0. The van der Waals surface area contributed by atoms with Gasteiger partial charge in [-0.05, 0) is 24.7 Å². The Balaban J connectivity index is 2.45. The summed E-state index contributed by atoms with van der Waals surface area (Å²) in [6, 6.07) is 0. The molecule has 1 N–H and O–H groups in total. The Morgan fingerprint density at radius 2 is 2.08 bits per heavy atom. The van der Waals surface area contributed by atoms with E-state index in [1.54, 1.807) is 0 Å². The normalized spacial score (nSPS) is 30.5. The van der Waals surface area contributed by atoms with Crippen molar-refractivity contribution in [2.45, 2.75) is 46.1 Å². The topological polar surface area (TPSA) is 29.5 Å². The number of rotatable bonds is 2. The van der Waals surface area contributed by atoms with Gasteiger partial charge in [-0.3, -0.25) is 0 Å². The number of ether oxygens (including phenoxy) is 1. The highest BCUT2D eigenvalue weighted by molar-refractivity contribution is 4.78. The molecule has 2 atom stereocenters. The lowest BCUT2D eigenvalue weighted by Crippen LogP contribution is -2.35. The zero-order valence-corrected chi connectivity index (χ0v) is 9.05. The van der Waals surface area contributed by atoms with E-state index in [-0.39, 0.29) is 12.7 Å². The third-order valence-corrected chi connectivity index (χ3v) is 2.63. The van der Waals surface area contributed by atoms with Crippen LogP contribution in [0.15, 0.2) is 0 Å². The summed E-state index contributed by atoms with van der Waals surface area (Å²) < 4.78 is 5.70. The minimum atomic E-state index is 0.277. The summed E-state index contributed by atoms with van der Waals surface area (Å²) in [6.07, 6.45) is 3.56. The van der Waals surface area contributed by atoms with Gasteiger partial charge >= 0.3 is 0 Å². The van der Waals surface area contributed by atoms with Crippen molar-refractivity contribution < 1.29 is 9.84 Å². The van der Waals surface area contributed by atoms with E-state index in [4.69, 9.17) is 4.74 Å². The van der Waals surface area contributed by atoms with Gasteiger partial charge in [-0.25, -0.2) is 0 Å². The van der Waals surface area contributed by atoms with Crippen molar-refractivity contribution in [1.29, 1.82) is 0 Å². The lowest BCUT2D eigenvalue weighted by atomic mass is 9.82. The van der Waals surface area contributed by atoms with Crippen LogP contribution in [-0.2, 0) is 4.74 Å². The van der Waals surface area contributed by atoms with Gasteiger partial charge in [0.15, 0.2) is 0 Å². The molecule has 1 saturated heterocycles. The van der Waals surface area contributed by atoms with Gasteiger partial charge in [0.25, 0.3) is 0 Å². The molecular formula is C11H22O2. The largest absolute Gasteiger partial charge is 0.396 e. The number of hydrogen-bond acceptors (Lipinski definition) is 2. The Bertz CT molecular complexity index is 149. The highest BCUT2D eigenvalue weighted by Crippen LogP contribution is 2.30. The molecule has 1 aliphatic heterocycles. The summed E-state index contributed by atoms with van der Waals surface area (Å²) in [5, 5.41) is 9.18. The standard InChI is InChI=1S/C11H22O2/c1-11(2,3)7-10-9(8-12)5-4-6-13-10/h9-10,12H,4-8H2,1-3H3. The molecule has 78 valence electrons. The monoisotopic (exact) mass is 186 g/mol. The molecule has 0 aromatic heterocycles. The average Bonchev–Trinajstić information content (AvgIpc) is 2.02. The van der Waals surface area contributed by atoms with Crippen LogP contribution in [0.4, 0.5) is 0 Å². The van der Waals surface area contributed by atoms with E-state index < -0.39 is 0 Å². The van der Waals surface area contributed by atoms with Crippen molar-refractivity contribution in [2.24, 2.45) is 11.3 Å². The van der Waals surface area contributed by atoms with Gasteiger partial charge in [-0.2, -0.15) is 0 Å². The van der Waals surface area contributed by atoms with Crippen LogP contribution in [0.5, 0.6) is 0 Å². The maximum Gasteiger partial charge on any atom is 0.0630 e. The van der Waals surface area contributed by atoms with Crippen molar-refractivity contribution >= 4 is 0 Å². The van der Waals surface area contributed by atoms with Crippen LogP contribution < -0.4 is 0 Å². The number of aliphatic hydroxyl groups is 1. The smallest absolute Gasteiger partial charge is 0.0630 e. The summed E-state index contributed by atoms with van der Waals surface area (Å²) in [4.78, 5) is 0. The van der Waals surface area contributed by atoms with E-state index in [0.717, 1.165) is 25.9 Å². The molecule has 2 unspecified atom stereocenters. The summed E-state index contributed by atoms with van der Waals surface area (Å²) in [5.41, 5.74) is 0.301. The van der Waals surface area contributed by atoms with Gasteiger partial charge in [0, 0.05) is 19.1 Å². The number of aliphatic hydroxyl groups excluding tert-OH is 1. The fourth-order valence-corrected chi connectivity index (χ4v) is 1.94. The van der Waals surface area contributed by atoms with Crippen LogP contribution in [-0.4, -0.2) is 24.4 Å². The van der Waals surface area contributed by atoms with E-state index in [0.29, 0.717) is 11.3 Å². The molecule has 0 aliphatic carbocycles. The van der Waals surface area contributed by atoms with Crippen molar-refractivity contribution in [3.63, 3.8) is 0 Å². The van der Waals surface area contributed by atoms with Gasteiger partial charge in [-0.1, -0.05) is 20.8 Å². The zero-order valence-electron chi connectivity index (χ0n) is 9.05. The molecule has 1 rings (SSSR count). The molecule has 0 aromatic rings. The van der Waals surface area contributed by atoms with Crippen LogP contribution in [0.2, 0.25) is 0 Å². The Morgan fingerprint density at radius 1 is 1.38 bits per heavy atom. The van der Waals surface area contributed by atoms with Crippen LogP contribution in [0.3, 0.4) is 0 Å². The second-order valence-corrected chi connectivity index (χ2v) is 5.26. The Kier molecular flexibility index (Phi) is 3.74. The third-order valence-electron chi connectivity index (χ3n) is 2.63. The predicted octanol–water partition coefficient (Wildman–Crippen LogP) is 2.21. The summed E-state index contributed by atoms with van der Waals surface area (Å²) >= 11 is 0. The molecule has 2 heteroatoms. The molecule has 0 amide bonds. The van der Waals surface area contributed by atoms with Gasteiger partial charge < -0.3 is 9.84 Å². The molecule has 0 saturated carbocycles. The van der Waals surface area contributed by atoms with Gasteiger partial charge in [-0.15, -0.1) is 0 Å². The van der Waals surface area contributed by atoms with Crippen LogP contribution in [0, 0.1) is 11.3 Å². The van der Waals surface area contributed by atoms with Gasteiger partial charge in [0.2, 0.25) is 0 Å². The van der Waals surface area contributed by atoms with E-state index in [9.17, 15) is 5.11 Å². The minimum Gasteiger partial charge on any atom is -0.396 e. The first-order valence-corrected chi connectivity index (χ1v) is 5.25. The molecule has 0 aromatic carbocycles. The molecule has 1 heterocycles. The fourth-order valence-electron chi connectivity index (χ4n) is 1.94. The third kappa shape index (κ3) is 3.65. The summed E-state index contributed by atoms with van der Waals surface area (Å²) in [6.45, 7) is 7.82. The first-order chi connectivity index (χ1) is 6.03. The van der Waals surface area contributed by atoms with E-state index in [2.05, 4.69) is 20.8 Å². The van der Waals surface area contributed by atoms with Crippen molar-refractivity contribution in [1.82, 2.24) is 0 Å². The van der Waals surface area contributed by atoms with Crippen LogP contribution >= 0.6 is 0 Å². The Labute approximate surface area is 81.3 Å². The molecule has 0 bridgehead atoms.